The number of amides is 1. The third kappa shape index (κ3) is 3.65. The van der Waals surface area contributed by atoms with Crippen molar-refractivity contribution in [2.45, 2.75) is 18.9 Å². The molecule has 0 bridgehead atoms. The highest BCUT2D eigenvalue weighted by atomic mass is 32.1. The van der Waals surface area contributed by atoms with Gasteiger partial charge in [0.1, 0.15) is 0 Å². The smallest absolute Gasteiger partial charge is 0.226 e. The minimum absolute atomic E-state index is 0.0451. The Morgan fingerprint density at radius 1 is 1.39 bits per heavy atom. The summed E-state index contributed by atoms with van der Waals surface area (Å²) in [5, 5.41) is 5.20. The van der Waals surface area contributed by atoms with E-state index in [1.807, 2.05) is 35.7 Å². The molecule has 5 heteroatoms. The standard InChI is InChI=1S/C13H15N3OS/c14-11(10-4-2-1-3-5-10)6-7-12(17)16-13-15-8-9-18-13/h1-5,8-9,11H,6-7,14H2,(H,15,16,17). The number of rotatable bonds is 5. The van der Waals surface area contributed by atoms with Crippen molar-refractivity contribution in [2.24, 2.45) is 5.73 Å². The van der Waals surface area contributed by atoms with Gasteiger partial charge in [-0.2, -0.15) is 0 Å². The van der Waals surface area contributed by atoms with Crippen molar-refractivity contribution >= 4 is 22.4 Å². The van der Waals surface area contributed by atoms with Crippen molar-refractivity contribution in [3.05, 3.63) is 47.5 Å². The van der Waals surface area contributed by atoms with E-state index in [-0.39, 0.29) is 11.9 Å². The van der Waals surface area contributed by atoms with E-state index in [2.05, 4.69) is 10.3 Å². The topological polar surface area (TPSA) is 68.0 Å². The number of hydrogen-bond acceptors (Lipinski definition) is 4. The minimum atomic E-state index is -0.103. The van der Waals surface area contributed by atoms with Gasteiger partial charge in [-0.25, -0.2) is 4.98 Å². The monoisotopic (exact) mass is 261 g/mol. The lowest BCUT2D eigenvalue weighted by Crippen LogP contribution is -2.16. The zero-order valence-electron chi connectivity index (χ0n) is 9.87. The first-order valence-electron chi connectivity index (χ1n) is 5.75. The summed E-state index contributed by atoms with van der Waals surface area (Å²) in [6.07, 6.45) is 2.69. The molecular weight excluding hydrogens is 246 g/mol. The molecule has 2 rings (SSSR count). The zero-order valence-corrected chi connectivity index (χ0v) is 10.7. The Kier molecular flexibility index (Phi) is 4.44. The Morgan fingerprint density at radius 2 is 2.17 bits per heavy atom. The molecule has 0 fully saturated rings. The Bertz CT molecular complexity index is 484. The van der Waals surface area contributed by atoms with E-state index < -0.39 is 0 Å². The maximum Gasteiger partial charge on any atom is 0.226 e. The summed E-state index contributed by atoms with van der Waals surface area (Å²) >= 11 is 1.41. The number of nitrogens with zero attached hydrogens (tertiary/aromatic N) is 1. The number of aromatic nitrogens is 1. The molecular formula is C13H15N3OS. The van der Waals surface area contributed by atoms with Crippen LogP contribution in [0.1, 0.15) is 24.4 Å². The maximum absolute atomic E-state index is 11.6. The minimum Gasteiger partial charge on any atom is -0.324 e. The molecule has 1 amide bonds. The second kappa shape index (κ2) is 6.28. The lowest BCUT2D eigenvalue weighted by molar-refractivity contribution is -0.116. The van der Waals surface area contributed by atoms with Crippen LogP contribution in [0.2, 0.25) is 0 Å². The van der Waals surface area contributed by atoms with E-state index in [4.69, 9.17) is 5.73 Å². The molecule has 0 spiro atoms. The molecule has 0 radical (unpaired) electrons. The molecule has 0 aliphatic heterocycles. The zero-order chi connectivity index (χ0) is 12.8. The van der Waals surface area contributed by atoms with Crippen LogP contribution < -0.4 is 11.1 Å². The number of carbonyl (C=O) groups is 1. The highest BCUT2D eigenvalue weighted by Gasteiger charge is 2.09. The molecule has 2 aromatic rings. The van der Waals surface area contributed by atoms with Crippen LogP contribution in [0.15, 0.2) is 41.9 Å². The van der Waals surface area contributed by atoms with Gasteiger partial charge >= 0.3 is 0 Å². The summed E-state index contributed by atoms with van der Waals surface area (Å²) in [4.78, 5) is 15.6. The molecule has 1 aromatic carbocycles. The molecule has 0 saturated carbocycles. The first-order valence-corrected chi connectivity index (χ1v) is 6.63. The summed E-state index contributed by atoms with van der Waals surface area (Å²) in [6, 6.07) is 9.70. The third-order valence-electron chi connectivity index (χ3n) is 2.59. The Morgan fingerprint density at radius 3 is 2.83 bits per heavy atom. The fourth-order valence-electron chi connectivity index (χ4n) is 1.62. The third-order valence-corrected chi connectivity index (χ3v) is 3.28. The van der Waals surface area contributed by atoms with Crippen LogP contribution in [0, 0.1) is 0 Å². The van der Waals surface area contributed by atoms with E-state index in [9.17, 15) is 4.79 Å². The number of nitrogens with two attached hydrogens (primary N) is 1. The SMILES string of the molecule is NC(CCC(=O)Nc1nccs1)c1ccccc1. The van der Waals surface area contributed by atoms with Crippen LogP contribution in [-0.2, 0) is 4.79 Å². The summed E-state index contributed by atoms with van der Waals surface area (Å²) in [5.74, 6) is -0.0451. The first kappa shape index (κ1) is 12.7. The molecule has 18 heavy (non-hydrogen) atoms. The second-order valence-electron chi connectivity index (χ2n) is 3.94. The van der Waals surface area contributed by atoms with Crippen LogP contribution in [0.4, 0.5) is 5.13 Å². The van der Waals surface area contributed by atoms with Gasteiger partial charge in [0.05, 0.1) is 0 Å². The average molecular weight is 261 g/mol. The van der Waals surface area contributed by atoms with Crippen LogP contribution in [0.5, 0.6) is 0 Å². The maximum atomic E-state index is 11.6. The summed E-state index contributed by atoms with van der Waals surface area (Å²) < 4.78 is 0. The van der Waals surface area contributed by atoms with Crippen molar-refractivity contribution in [1.29, 1.82) is 0 Å². The normalized spacial score (nSPS) is 12.1. The number of carbonyl (C=O) groups excluding carboxylic acids is 1. The molecule has 0 aliphatic rings. The average Bonchev–Trinajstić information content (AvgIpc) is 2.90. The fraction of sp³-hybridized carbons (Fsp3) is 0.231. The van der Waals surface area contributed by atoms with Gasteiger partial charge in [0.15, 0.2) is 5.13 Å². The van der Waals surface area contributed by atoms with Gasteiger partial charge in [0.2, 0.25) is 5.91 Å². The van der Waals surface area contributed by atoms with Crippen molar-refractivity contribution in [3.63, 3.8) is 0 Å². The molecule has 1 unspecified atom stereocenters. The van der Waals surface area contributed by atoms with Crippen molar-refractivity contribution < 1.29 is 4.79 Å². The molecule has 4 nitrogen and oxygen atoms in total. The quantitative estimate of drug-likeness (QED) is 0.869. The molecule has 1 heterocycles. The number of hydrogen-bond donors (Lipinski definition) is 2. The number of benzene rings is 1. The molecule has 0 aliphatic carbocycles. The molecule has 0 saturated heterocycles. The molecule has 1 atom stereocenters. The van der Waals surface area contributed by atoms with Crippen LogP contribution in [0.25, 0.3) is 0 Å². The van der Waals surface area contributed by atoms with E-state index >= 15 is 0 Å². The van der Waals surface area contributed by atoms with Gasteiger partial charge in [0.25, 0.3) is 0 Å². The lowest BCUT2D eigenvalue weighted by atomic mass is 10.0. The van der Waals surface area contributed by atoms with Crippen LogP contribution >= 0.6 is 11.3 Å². The van der Waals surface area contributed by atoms with Gasteiger partial charge in [-0.05, 0) is 12.0 Å². The number of thiazole rings is 1. The van der Waals surface area contributed by atoms with Gasteiger partial charge in [-0.1, -0.05) is 30.3 Å². The number of anilines is 1. The largest absolute Gasteiger partial charge is 0.324 e. The van der Waals surface area contributed by atoms with Gasteiger partial charge < -0.3 is 11.1 Å². The Balaban J connectivity index is 1.79. The van der Waals surface area contributed by atoms with Crippen molar-refractivity contribution in [2.75, 3.05) is 5.32 Å². The summed E-state index contributed by atoms with van der Waals surface area (Å²) in [6.45, 7) is 0. The van der Waals surface area contributed by atoms with Crippen molar-refractivity contribution in [3.8, 4) is 0 Å². The highest BCUT2D eigenvalue weighted by Crippen LogP contribution is 2.16. The molecule has 3 N–H and O–H groups in total. The van der Waals surface area contributed by atoms with E-state index in [1.165, 1.54) is 11.3 Å². The van der Waals surface area contributed by atoms with Gasteiger partial charge in [-0.3, -0.25) is 4.79 Å². The molecule has 1 aromatic heterocycles. The van der Waals surface area contributed by atoms with E-state index in [0.29, 0.717) is 18.0 Å². The highest BCUT2D eigenvalue weighted by molar-refractivity contribution is 7.13. The van der Waals surface area contributed by atoms with Gasteiger partial charge in [0, 0.05) is 24.0 Å². The van der Waals surface area contributed by atoms with Crippen LogP contribution in [0.3, 0.4) is 0 Å². The predicted octanol–water partition coefficient (Wildman–Crippen LogP) is 2.56. The fourth-order valence-corrected chi connectivity index (χ4v) is 2.17. The molecule has 94 valence electrons. The van der Waals surface area contributed by atoms with E-state index in [1.54, 1.807) is 6.20 Å². The van der Waals surface area contributed by atoms with Crippen molar-refractivity contribution in [1.82, 2.24) is 4.98 Å². The summed E-state index contributed by atoms with van der Waals surface area (Å²) in [5.41, 5.74) is 7.08. The Hall–Kier alpha value is -1.72. The predicted molar refractivity (Wildman–Crippen MR) is 73.3 cm³/mol. The first-order chi connectivity index (χ1) is 8.75. The summed E-state index contributed by atoms with van der Waals surface area (Å²) in [7, 11) is 0. The van der Waals surface area contributed by atoms with E-state index in [0.717, 1.165) is 5.56 Å². The van der Waals surface area contributed by atoms with Gasteiger partial charge in [-0.15, -0.1) is 11.3 Å². The second-order valence-corrected chi connectivity index (χ2v) is 4.84. The van der Waals surface area contributed by atoms with Crippen LogP contribution in [-0.4, -0.2) is 10.9 Å². The lowest BCUT2D eigenvalue weighted by Gasteiger charge is -2.11. The number of nitrogens with one attached hydrogen (secondary N) is 1. The Labute approximate surface area is 110 Å².